The van der Waals surface area contributed by atoms with E-state index in [1.54, 1.807) is 0 Å². The van der Waals surface area contributed by atoms with Crippen molar-refractivity contribution >= 4 is 5.82 Å². The summed E-state index contributed by atoms with van der Waals surface area (Å²) in [6.07, 6.45) is 0. The molecule has 13 heavy (non-hydrogen) atoms. The predicted molar refractivity (Wildman–Crippen MR) is 45.8 cm³/mol. The van der Waals surface area contributed by atoms with Crippen LogP contribution in [0.25, 0.3) is 0 Å². The molecule has 0 spiro atoms. The number of hydrogen-bond acceptors (Lipinski definition) is 5. The summed E-state index contributed by atoms with van der Waals surface area (Å²) in [7, 11) is 1.52. The molecule has 0 radical (unpaired) electrons. The molecule has 1 heterocycles. The lowest BCUT2D eigenvalue weighted by Gasteiger charge is -2.01. The molecule has 1 aromatic rings. The number of ether oxygens (including phenoxy) is 1. The van der Waals surface area contributed by atoms with Gasteiger partial charge in [0.1, 0.15) is 0 Å². The van der Waals surface area contributed by atoms with E-state index in [4.69, 9.17) is 4.74 Å². The zero-order chi connectivity index (χ0) is 9.68. The summed E-state index contributed by atoms with van der Waals surface area (Å²) in [5.41, 5.74) is -0.274. The van der Waals surface area contributed by atoms with Gasteiger partial charge in [-0.05, 0) is 11.2 Å². The summed E-state index contributed by atoms with van der Waals surface area (Å²) < 4.78 is 5.90. The minimum atomic E-state index is -0.274. The molecular weight excluding hydrogens is 174 g/mol. The van der Waals surface area contributed by atoms with Gasteiger partial charge in [0.05, 0.1) is 13.2 Å². The van der Waals surface area contributed by atoms with Crippen LogP contribution in [0.5, 0.6) is 0 Å². The molecule has 0 amide bonds. The van der Waals surface area contributed by atoms with Crippen molar-refractivity contribution in [1.29, 1.82) is 0 Å². The molecule has 0 saturated heterocycles. The van der Waals surface area contributed by atoms with Gasteiger partial charge >= 0.3 is 0 Å². The molecule has 0 bridgehead atoms. The summed E-state index contributed by atoms with van der Waals surface area (Å²) in [5, 5.41) is 6.29. The van der Waals surface area contributed by atoms with E-state index in [1.807, 2.05) is 0 Å². The molecule has 0 atom stereocenters. The van der Waals surface area contributed by atoms with Crippen molar-refractivity contribution in [2.24, 2.45) is 5.18 Å². The van der Waals surface area contributed by atoms with Gasteiger partial charge in [0, 0.05) is 13.2 Å². The topological polar surface area (TPSA) is 73.5 Å². The van der Waals surface area contributed by atoms with Gasteiger partial charge in [-0.25, -0.2) is 4.68 Å². The molecule has 0 saturated carbocycles. The van der Waals surface area contributed by atoms with Crippen LogP contribution in [-0.2, 0) is 11.3 Å². The highest BCUT2D eigenvalue weighted by Crippen LogP contribution is 2.00. The summed E-state index contributed by atoms with van der Waals surface area (Å²) in [4.78, 5) is 21.2. The molecule has 0 N–H and O–H groups in total. The Hall–Kier alpha value is -1.56. The first-order chi connectivity index (χ1) is 6.27. The first-order valence-electron chi connectivity index (χ1n) is 3.68. The van der Waals surface area contributed by atoms with Crippen LogP contribution in [0.4, 0.5) is 5.82 Å². The van der Waals surface area contributed by atoms with Crippen molar-refractivity contribution in [2.75, 3.05) is 13.7 Å². The average molecular weight is 183 g/mol. The van der Waals surface area contributed by atoms with Gasteiger partial charge in [-0.3, -0.25) is 4.79 Å². The molecule has 1 aromatic heterocycles. The second kappa shape index (κ2) is 4.46. The minimum absolute atomic E-state index is 0.00398. The molecule has 0 aliphatic heterocycles. The second-order valence-corrected chi connectivity index (χ2v) is 2.34. The Morgan fingerprint density at radius 3 is 3.00 bits per heavy atom. The van der Waals surface area contributed by atoms with Crippen LogP contribution in [0.1, 0.15) is 0 Å². The largest absolute Gasteiger partial charge is 0.383 e. The Bertz CT molecular complexity index is 347. The van der Waals surface area contributed by atoms with Gasteiger partial charge in [-0.2, -0.15) is 0 Å². The van der Waals surface area contributed by atoms with Crippen molar-refractivity contribution in [3.63, 3.8) is 0 Å². The number of nitroso groups, excluding NO2 is 1. The normalized spacial score (nSPS) is 9.92. The Morgan fingerprint density at radius 1 is 1.62 bits per heavy atom. The molecule has 0 aromatic carbocycles. The fourth-order valence-corrected chi connectivity index (χ4v) is 0.825. The molecule has 70 valence electrons. The van der Waals surface area contributed by atoms with Crippen LogP contribution in [0.2, 0.25) is 0 Å². The van der Waals surface area contributed by atoms with Crippen LogP contribution < -0.4 is 5.56 Å². The minimum Gasteiger partial charge on any atom is -0.383 e. The molecule has 0 unspecified atom stereocenters. The Morgan fingerprint density at radius 2 is 2.38 bits per heavy atom. The highest BCUT2D eigenvalue weighted by molar-refractivity contribution is 5.22. The van der Waals surface area contributed by atoms with E-state index in [9.17, 15) is 9.70 Å². The van der Waals surface area contributed by atoms with E-state index in [0.29, 0.717) is 13.2 Å². The van der Waals surface area contributed by atoms with Crippen LogP contribution in [-0.4, -0.2) is 23.5 Å². The van der Waals surface area contributed by atoms with E-state index in [-0.39, 0.29) is 11.4 Å². The van der Waals surface area contributed by atoms with Crippen molar-refractivity contribution in [2.45, 2.75) is 6.54 Å². The molecule has 0 aliphatic carbocycles. The van der Waals surface area contributed by atoms with E-state index in [1.165, 1.54) is 19.2 Å². The van der Waals surface area contributed by atoms with Crippen molar-refractivity contribution < 1.29 is 4.74 Å². The van der Waals surface area contributed by atoms with Gasteiger partial charge in [0.25, 0.3) is 5.56 Å². The maximum atomic E-state index is 11.1. The first-order valence-corrected chi connectivity index (χ1v) is 3.68. The third-order valence-electron chi connectivity index (χ3n) is 1.45. The molecule has 6 nitrogen and oxygen atoms in total. The van der Waals surface area contributed by atoms with Gasteiger partial charge in [-0.1, -0.05) is 0 Å². The fraction of sp³-hybridized carbons (Fsp3) is 0.429. The summed E-state index contributed by atoms with van der Waals surface area (Å²) >= 11 is 0. The predicted octanol–water partition coefficient (Wildman–Crippen LogP) is 0.288. The quantitative estimate of drug-likeness (QED) is 0.628. The third kappa shape index (κ3) is 2.45. The van der Waals surface area contributed by atoms with E-state index in [2.05, 4.69) is 10.3 Å². The molecule has 0 aliphatic rings. The van der Waals surface area contributed by atoms with Crippen molar-refractivity contribution in [3.8, 4) is 0 Å². The Labute approximate surface area is 74.1 Å². The Balaban J connectivity index is 2.90. The maximum Gasteiger partial charge on any atom is 0.266 e. The number of aromatic nitrogens is 2. The SMILES string of the molecule is COCCn1nc(N=O)ccc1=O. The van der Waals surface area contributed by atoms with Gasteiger partial charge in [0.15, 0.2) is 0 Å². The number of methoxy groups -OCH3 is 1. The number of hydrogen-bond donors (Lipinski definition) is 0. The maximum absolute atomic E-state index is 11.1. The second-order valence-electron chi connectivity index (χ2n) is 2.34. The van der Waals surface area contributed by atoms with Crippen LogP contribution >= 0.6 is 0 Å². The van der Waals surface area contributed by atoms with Crippen molar-refractivity contribution in [1.82, 2.24) is 9.78 Å². The van der Waals surface area contributed by atoms with Gasteiger partial charge < -0.3 is 4.74 Å². The molecular formula is C7H9N3O3. The van der Waals surface area contributed by atoms with Crippen LogP contribution in [0.3, 0.4) is 0 Å². The number of rotatable bonds is 4. The number of nitrogens with zero attached hydrogens (tertiary/aromatic N) is 3. The zero-order valence-electron chi connectivity index (χ0n) is 7.14. The molecule has 6 heteroatoms. The van der Waals surface area contributed by atoms with Gasteiger partial charge in [0.2, 0.25) is 5.82 Å². The Kier molecular flexibility index (Phi) is 3.27. The summed E-state index contributed by atoms with van der Waals surface area (Å²) in [5.74, 6) is -0.00398. The third-order valence-corrected chi connectivity index (χ3v) is 1.45. The summed E-state index contributed by atoms with van der Waals surface area (Å²) in [6, 6.07) is 2.53. The smallest absolute Gasteiger partial charge is 0.266 e. The zero-order valence-corrected chi connectivity index (χ0v) is 7.14. The highest BCUT2D eigenvalue weighted by Gasteiger charge is 1.99. The lowest BCUT2D eigenvalue weighted by molar-refractivity contribution is 0.182. The van der Waals surface area contributed by atoms with E-state index in [0.717, 1.165) is 4.68 Å². The standard InChI is InChI=1S/C7H9N3O3/c1-13-5-4-10-7(11)3-2-6(8-10)9-12/h2-3H,4-5H2,1H3. The molecule has 1 rings (SSSR count). The highest BCUT2D eigenvalue weighted by atomic mass is 16.5. The average Bonchev–Trinajstić information content (AvgIpc) is 2.17. The van der Waals surface area contributed by atoms with Crippen LogP contribution in [0.15, 0.2) is 22.1 Å². The van der Waals surface area contributed by atoms with Crippen LogP contribution in [0, 0.1) is 4.91 Å². The fourth-order valence-electron chi connectivity index (χ4n) is 0.825. The summed E-state index contributed by atoms with van der Waals surface area (Å²) in [6.45, 7) is 0.688. The van der Waals surface area contributed by atoms with E-state index >= 15 is 0 Å². The lowest BCUT2D eigenvalue weighted by atomic mass is 10.5. The lowest BCUT2D eigenvalue weighted by Crippen LogP contribution is -2.23. The monoisotopic (exact) mass is 183 g/mol. The molecule has 0 fully saturated rings. The van der Waals surface area contributed by atoms with E-state index < -0.39 is 0 Å². The first kappa shape index (κ1) is 9.53. The van der Waals surface area contributed by atoms with Gasteiger partial charge in [-0.15, -0.1) is 10.0 Å². The van der Waals surface area contributed by atoms with Crippen molar-refractivity contribution in [3.05, 3.63) is 27.4 Å².